The molecule has 2 amide bonds. The monoisotopic (exact) mass is 294 g/mol. The van der Waals surface area contributed by atoms with Crippen molar-refractivity contribution in [2.45, 2.75) is 39.2 Å². The second kappa shape index (κ2) is 6.88. The van der Waals surface area contributed by atoms with Crippen LogP contribution in [0.15, 0.2) is 16.8 Å². The zero-order chi connectivity index (χ0) is 14.5. The van der Waals surface area contributed by atoms with Gasteiger partial charge < -0.3 is 10.2 Å². The quantitative estimate of drug-likeness (QED) is 0.927. The molecule has 4 nitrogen and oxygen atoms in total. The van der Waals surface area contributed by atoms with Crippen LogP contribution in [0.5, 0.6) is 0 Å². The summed E-state index contributed by atoms with van der Waals surface area (Å²) in [6, 6.07) is 2.02. The van der Waals surface area contributed by atoms with Crippen molar-refractivity contribution < 1.29 is 9.59 Å². The van der Waals surface area contributed by atoms with E-state index in [0.717, 1.165) is 37.9 Å². The molecule has 2 rings (SSSR count). The van der Waals surface area contributed by atoms with Crippen molar-refractivity contribution in [2.24, 2.45) is 5.92 Å². The van der Waals surface area contributed by atoms with E-state index in [-0.39, 0.29) is 23.8 Å². The van der Waals surface area contributed by atoms with Gasteiger partial charge >= 0.3 is 0 Å². The van der Waals surface area contributed by atoms with E-state index in [9.17, 15) is 9.59 Å². The lowest BCUT2D eigenvalue weighted by Crippen LogP contribution is -2.47. The minimum atomic E-state index is -0.00190. The van der Waals surface area contributed by atoms with Gasteiger partial charge in [0, 0.05) is 36.0 Å². The number of piperidine rings is 1. The maximum Gasteiger partial charge on any atom is 0.252 e. The van der Waals surface area contributed by atoms with E-state index in [1.807, 2.05) is 35.6 Å². The molecule has 0 saturated carbocycles. The van der Waals surface area contributed by atoms with E-state index < -0.39 is 0 Å². The fraction of sp³-hybridized carbons (Fsp3) is 0.600. The zero-order valence-corrected chi connectivity index (χ0v) is 12.9. The van der Waals surface area contributed by atoms with E-state index >= 15 is 0 Å². The number of hydrogen-bond acceptors (Lipinski definition) is 3. The number of thiophene rings is 1. The molecule has 1 fully saturated rings. The summed E-state index contributed by atoms with van der Waals surface area (Å²) in [7, 11) is 0. The van der Waals surface area contributed by atoms with Gasteiger partial charge in [0.05, 0.1) is 0 Å². The topological polar surface area (TPSA) is 49.4 Å². The smallest absolute Gasteiger partial charge is 0.252 e. The normalized spacial score (nSPS) is 17.8. The SMILES string of the molecule is CC[C@H](C)C(=O)N1CCC(NC(=O)c2ccsc2)CC1. The van der Waals surface area contributed by atoms with Crippen LogP contribution in [-0.4, -0.2) is 35.8 Å². The molecule has 20 heavy (non-hydrogen) atoms. The number of amides is 2. The van der Waals surface area contributed by atoms with Gasteiger partial charge in [0.25, 0.3) is 5.91 Å². The van der Waals surface area contributed by atoms with Crippen molar-refractivity contribution in [3.63, 3.8) is 0 Å². The largest absolute Gasteiger partial charge is 0.349 e. The number of carbonyl (C=O) groups is 2. The van der Waals surface area contributed by atoms with Crippen LogP contribution < -0.4 is 5.32 Å². The van der Waals surface area contributed by atoms with Crippen LogP contribution in [-0.2, 0) is 4.79 Å². The van der Waals surface area contributed by atoms with Crippen LogP contribution in [0.4, 0.5) is 0 Å². The molecule has 5 heteroatoms. The highest BCUT2D eigenvalue weighted by Gasteiger charge is 2.26. The second-order valence-corrected chi connectivity index (χ2v) is 6.17. The summed E-state index contributed by atoms with van der Waals surface area (Å²) >= 11 is 1.53. The van der Waals surface area contributed by atoms with Crippen LogP contribution in [0.2, 0.25) is 0 Å². The lowest BCUT2D eigenvalue weighted by Gasteiger charge is -2.33. The summed E-state index contributed by atoms with van der Waals surface area (Å²) in [5.41, 5.74) is 0.730. The molecule has 1 aromatic heterocycles. The number of hydrogen-bond donors (Lipinski definition) is 1. The van der Waals surface area contributed by atoms with Crippen molar-refractivity contribution in [1.82, 2.24) is 10.2 Å². The lowest BCUT2D eigenvalue weighted by molar-refractivity contribution is -0.136. The minimum absolute atomic E-state index is 0.00190. The maximum absolute atomic E-state index is 12.1. The zero-order valence-electron chi connectivity index (χ0n) is 12.1. The lowest BCUT2D eigenvalue weighted by atomic mass is 10.0. The number of rotatable bonds is 4. The molecule has 1 aliphatic rings. The van der Waals surface area contributed by atoms with Crippen LogP contribution in [0, 0.1) is 5.92 Å². The Morgan fingerprint density at radius 2 is 2.15 bits per heavy atom. The van der Waals surface area contributed by atoms with Gasteiger partial charge in [-0.25, -0.2) is 0 Å². The molecule has 0 aliphatic carbocycles. The van der Waals surface area contributed by atoms with E-state index in [0.29, 0.717) is 0 Å². The third-order valence-corrected chi connectivity index (χ3v) is 4.64. The highest BCUT2D eigenvalue weighted by Crippen LogP contribution is 2.15. The van der Waals surface area contributed by atoms with E-state index in [1.54, 1.807) is 0 Å². The molecule has 0 aromatic carbocycles. The fourth-order valence-electron chi connectivity index (χ4n) is 2.39. The number of carbonyl (C=O) groups excluding carboxylic acids is 2. The second-order valence-electron chi connectivity index (χ2n) is 5.39. The summed E-state index contributed by atoms with van der Waals surface area (Å²) in [4.78, 5) is 26.0. The third-order valence-electron chi connectivity index (χ3n) is 3.96. The summed E-state index contributed by atoms with van der Waals surface area (Å²) in [6.07, 6.45) is 2.57. The molecule has 1 N–H and O–H groups in total. The van der Waals surface area contributed by atoms with E-state index in [2.05, 4.69) is 5.32 Å². The number of nitrogens with one attached hydrogen (secondary N) is 1. The molecular weight excluding hydrogens is 272 g/mol. The van der Waals surface area contributed by atoms with E-state index in [4.69, 9.17) is 0 Å². The van der Waals surface area contributed by atoms with Crippen LogP contribution in [0.3, 0.4) is 0 Å². The number of nitrogens with zero attached hydrogens (tertiary/aromatic N) is 1. The van der Waals surface area contributed by atoms with E-state index in [1.165, 1.54) is 11.3 Å². The molecular formula is C15H22N2O2S. The molecule has 0 spiro atoms. The molecule has 110 valence electrons. The van der Waals surface area contributed by atoms with Crippen molar-refractivity contribution >= 4 is 23.2 Å². The Kier molecular flexibility index (Phi) is 5.17. The predicted molar refractivity (Wildman–Crippen MR) is 80.8 cm³/mol. The van der Waals surface area contributed by atoms with Gasteiger partial charge in [-0.1, -0.05) is 13.8 Å². The Labute approximate surface area is 124 Å². The van der Waals surface area contributed by atoms with Crippen molar-refractivity contribution in [2.75, 3.05) is 13.1 Å². The van der Waals surface area contributed by atoms with Crippen molar-refractivity contribution in [3.05, 3.63) is 22.4 Å². The Bertz CT molecular complexity index is 450. The molecule has 1 aliphatic heterocycles. The maximum atomic E-state index is 12.1. The highest BCUT2D eigenvalue weighted by atomic mass is 32.1. The number of likely N-dealkylation sites (tertiary alicyclic amines) is 1. The molecule has 1 atom stereocenters. The fourth-order valence-corrected chi connectivity index (χ4v) is 3.03. The molecule has 1 aromatic rings. The molecule has 1 saturated heterocycles. The molecule has 0 radical (unpaired) electrons. The van der Waals surface area contributed by atoms with Gasteiger partial charge in [0.15, 0.2) is 0 Å². The first-order chi connectivity index (χ1) is 9.61. The van der Waals surface area contributed by atoms with Crippen LogP contribution in [0.25, 0.3) is 0 Å². The van der Waals surface area contributed by atoms with Gasteiger partial charge in [-0.05, 0) is 30.7 Å². The Morgan fingerprint density at radius 1 is 1.45 bits per heavy atom. The minimum Gasteiger partial charge on any atom is -0.349 e. The summed E-state index contributed by atoms with van der Waals surface area (Å²) in [5.74, 6) is 0.347. The van der Waals surface area contributed by atoms with Gasteiger partial charge in [-0.3, -0.25) is 9.59 Å². The Hall–Kier alpha value is -1.36. The first-order valence-electron chi connectivity index (χ1n) is 7.23. The molecule has 0 unspecified atom stereocenters. The summed E-state index contributed by atoms with van der Waals surface area (Å²) in [6.45, 7) is 5.51. The highest BCUT2D eigenvalue weighted by molar-refractivity contribution is 7.08. The summed E-state index contributed by atoms with van der Waals surface area (Å²) in [5, 5.41) is 6.82. The van der Waals surface area contributed by atoms with Gasteiger partial charge in [0.1, 0.15) is 0 Å². The predicted octanol–water partition coefficient (Wildman–Crippen LogP) is 2.52. The standard InChI is InChI=1S/C15H22N2O2S/c1-3-11(2)15(19)17-7-4-13(5-8-17)16-14(18)12-6-9-20-10-12/h6,9-11,13H,3-5,7-8H2,1-2H3,(H,16,18)/t11-/m0/s1. The first-order valence-corrected chi connectivity index (χ1v) is 8.18. The van der Waals surface area contributed by atoms with Crippen molar-refractivity contribution in [3.8, 4) is 0 Å². The Morgan fingerprint density at radius 3 is 2.70 bits per heavy atom. The molecule has 2 heterocycles. The average molecular weight is 294 g/mol. The van der Waals surface area contributed by atoms with Crippen LogP contribution >= 0.6 is 11.3 Å². The summed E-state index contributed by atoms with van der Waals surface area (Å²) < 4.78 is 0. The Balaban J connectivity index is 1.80. The third kappa shape index (κ3) is 3.60. The first kappa shape index (κ1) is 15.0. The average Bonchev–Trinajstić information content (AvgIpc) is 3.01. The van der Waals surface area contributed by atoms with Gasteiger partial charge in [-0.2, -0.15) is 11.3 Å². The van der Waals surface area contributed by atoms with Gasteiger partial charge in [0.2, 0.25) is 5.91 Å². The molecule has 0 bridgehead atoms. The van der Waals surface area contributed by atoms with Crippen molar-refractivity contribution in [1.29, 1.82) is 0 Å². The van der Waals surface area contributed by atoms with Crippen LogP contribution in [0.1, 0.15) is 43.5 Å². The van der Waals surface area contributed by atoms with Gasteiger partial charge in [-0.15, -0.1) is 0 Å².